The summed E-state index contributed by atoms with van der Waals surface area (Å²) in [6.07, 6.45) is 0.545. The number of rotatable bonds is 5. The van der Waals surface area contributed by atoms with Gasteiger partial charge in [-0.25, -0.2) is 0 Å². The molecular weight excluding hydrogens is 303 g/mol. The van der Waals surface area contributed by atoms with Crippen LogP contribution in [0.25, 0.3) is 5.57 Å². The summed E-state index contributed by atoms with van der Waals surface area (Å²) in [7, 11) is 0. The lowest BCUT2D eigenvalue weighted by Gasteiger charge is -2.09. The third-order valence-corrected chi connectivity index (χ3v) is 3.31. The second-order valence-electron chi connectivity index (χ2n) is 4.94. The zero-order valence-electron chi connectivity index (χ0n) is 13.0. The quantitative estimate of drug-likeness (QED) is 0.438. The van der Waals surface area contributed by atoms with Gasteiger partial charge in [-0.2, -0.15) is 13.2 Å². The monoisotopic (exact) mass is 323 g/mol. The molecule has 0 aliphatic heterocycles. The van der Waals surface area contributed by atoms with Gasteiger partial charge in [-0.3, -0.25) is 5.84 Å². The van der Waals surface area contributed by atoms with Crippen molar-refractivity contribution >= 4 is 5.57 Å². The molecule has 124 valence electrons. The summed E-state index contributed by atoms with van der Waals surface area (Å²) in [4.78, 5) is 0. The van der Waals surface area contributed by atoms with Gasteiger partial charge in [0.1, 0.15) is 0 Å². The molecule has 3 nitrogen and oxygen atoms in total. The minimum Gasteiger partial charge on any atom is -0.397 e. The Morgan fingerprint density at radius 2 is 1.87 bits per heavy atom. The summed E-state index contributed by atoms with van der Waals surface area (Å²) in [5, 5.41) is 0. The standard InChI is InChI=1S/C17H20F3N3/c1-4-13(16(21)12(3)23-22)9-8-11(2)14-6-5-7-15(10-14)17(18,19)20/h4-10,23H,1,21-22H2,2-3H3/b11-8+,13-9+,16-12-. The van der Waals surface area contributed by atoms with E-state index >= 15 is 0 Å². The SMILES string of the molecule is C=CC(=C\C=C(/C)c1cccc(C(F)(F)F)c1)/C(N)=C(\C)NN. The van der Waals surface area contributed by atoms with Gasteiger partial charge >= 0.3 is 6.18 Å². The highest BCUT2D eigenvalue weighted by Crippen LogP contribution is 2.31. The van der Waals surface area contributed by atoms with Gasteiger partial charge in [0.2, 0.25) is 0 Å². The second-order valence-corrected chi connectivity index (χ2v) is 4.94. The average molecular weight is 323 g/mol. The van der Waals surface area contributed by atoms with Crippen LogP contribution in [-0.2, 0) is 6.18 Å². The Labute approximate surface area is 133 Å². The van der Waals surface area contributed by atoms with Gasteiger partial charge < -0.3 is 11.2 Å². The lowest BCUT2D eigenvalue weighted by Crippen LogP contribution is -2.23. The lowest BCUT2D eigenvalue weighted by molar-refractivity contribution is -0.137. The number of allylic oxidation sites excluding steroid dienone is 5. The van der Waals surface area contributed by atoms with Gasteiger partial charge in [-0.15, -0.1) is 0 Å². The van der Waals surface area contributed by atoms with Crippen LogP contribution in [-0.4, -0.2) is 0 Å². The smallest absolute Gasteiger partial charge is 0.397 e. The van der Waals surface area contributed by atoms with Crippen molar-refractivity contribution in [3.8, 4) is 0 Å². The molecule has 23 heavy (non-hydrogen) atoms. The molecule has 0 bridgehead atoms. The molecule has 0 fully saturated rings. The highest BCUT2D eigenvalue weighted by Gasteiger charge is 2.30. The van der Waals surface area contributed by atoms with E-state index in [1.54, 1.807) is 38.1 Å². The number of alkyl halides is 3. The predicted molar refractivity (Wildman–Crippen MR) is 87.6 cm³/mol. The molecule has 0 saturated carbocycles. The van der Waals surface area contributed by atoms with Crippen LogP contribution in [0.5, 0.6) is 0 Å². The van der Waals surface area contributed by atoms with E-state index in [9.17, 15) is 13.2 Å². The van der Waals surface area contributed by atoms with Crippen molar-refractivity contribution in [3.05, 3.63) is 77.2 Å². The Bertz CT molecular complexity index is 668. The summed E-state index contributed by atoms with van der Waals surface area (Å²) in [6, 6.07) is 5.15. The number of nitrogens with one attached hydrogen (secondary N) is 1. The maximum Gasteiger partial charge on any atom is 0.416 e. The molecular formula is C17H20F3N3. The predicted octanol–water partition coefficient (Wildman–Crippen LogP) is 3.87. The number of hydrogen-bond acceptors (Lipinski definition) is 3. The largest absolute Gasteiger partial charge is 0.416 e. The average Bonchev–Trinajstić information content (AvgIpc) is 2.53. The van der Waals surface area contributed by atoms with Crippen LogP contribution in [0, 0.1) is 0 Å². The molecule has 0 aliphatic carbocycles. The minimum absolute atomic E-state index is 0.413. The summed E-state index contributed by atoms with van der Waals surface area (Å²) in [6.45, 7) is 7.09. The van der Waals surface area contributed by atoms with Crippen LogP contribution in [0.15, 0.2) is 66.0 Å². The van der Waals surface area contributed by atoms with Crippen LogP contribution < -0.4 is 17.0 Å². The van der Waals surface area contributed by atoms with Gasteiger partial charge in [0.25, 0.3) is 0 Å². The Morgan fingerprint density at radius 3 is 2.39 bits per heavy atom. The molecule has 1 rings (SSSR count). The molecule has 0 atom stereocenters. The van der Waals surface area contributed by atoms with E-state index in [1.165, 1.54) is 6.07 Å². The fraction of sp³-hybridized carbons (Fsp3) is 0.176. The molecule has 0 aromatic heterocycles. The molecule has 6 heteroatoms. The number of hydrogen-bond donors (Lipinski definition) is 3. The van der Waals surface area contributed by atoms with Gasteiger partial charge in [0.05, 0.1) is 11.3 Å². The van der Waals surface area contributed by atoms with Crippen LogP contribution in [0.2, 0.25) is 0 Å². The third kappa shape index (κ3) is 5.03. The summed E-state index contributed by atoms with van der Waals surface area (Å²) in [5.41, 5.74) is 10.4. The fourth-order valence-electron chi connectivity index (χ4n) is 1.81. The van der Waals surface area contributed by atoms with Crippen LogP contribution in [0.1, 0.15) is 25.0 Å². The van der Waals surface area contributed by atoms with Crippen molar-refractivity contribution < 1.29 is 13.2 Å². The normalized spacial score (nSPS) is 14.3. The van der Waals surface area contributed by atoms with E-state index in [4.69, 9.17) is 11.6 Å². The van der Waals surface area contributed by atoms with Crippen molar-refractivity contribution in [2.45, 2.75) is 20.0 Å². The van der Waals surface area contributed by atoms with Gasteiger partial charge in [0.15, 0.2) is 0 Å². The van der Waals surface area contributed by atoms with E-state index in [-0.39, 0.29) is 0 Å². The minimum atomic E-state index is -4.37. The summed E-state index contributed by atoms with van der Waals surface area (Å²) < 4.78 is 38.2. The van der Waals surface area contributed by atoms with Crippen LogP contribution >= 0.6 is 0 Å². The Kier molecular flexibility index (Phi) is 6.21. The zero-order valence-corrected chi connectivity index (χ0v) is 13.0. The van der Waals surface area contributed by atoms with Crippen molar-refractivity contribution in [2.75, 3.05) is 0 Å². The molecule has 0 amide bonds. The third-order valence-electron chi connectivity index (χ3n) is 3.31. The number of benzene rings is 1. The van der Waals surface area contributed by atoms with Gasteiger partial charge in [0, 0.05) is 5.70 Å². The first kappa shape index (κ1) is 18.6. The van der Waals surface area contributed by atoms with Crippen molar-refractivity contribution in [2.24, 2.45) is 11.6 Å². The first-order valence-electron chi connectivity index (χ1n) is 6.82. The van der Waals surface area contributed by atoms with E-state index in [1.807, 2.05) is 0 Å². The number of nitrogens with two attached hydrogens (primary N) is 2. The second kappa shape index (κ2) is 7.69. The van der Waals surface area contributed by atoms with Crippen molar-refractivity contribution in [1.29, 1.82) is 0 Å². The number of halogens is 3. The Hall–Kier alpha value is -2.47. The fourth-order valence-corrected chi connectivity index (χ4v) is 1.81. The molecule has 0 heterocycles. The molecule has 1 aromatic carbocycles. The maximum absolute atomic E-state index is 12.7. The Morgan fingerprint density at radius 1 is 1.22 bits per heavy atom. The molecule has 0 unspecified atom stereocenters. The van der Waals surface area contributed by atoms with E-state index in [0.717, 1.165) is 12.1 Å². The number of hydrazine groups is 1. The molecule has 0 spiro atoms. The molecule has 5 N–H and O–H groups in total. The van der Waals surface area contributed by atoms with Crippen molar-refractivity contribution in [3.63, 3.8) is 0 Å². The van der Waals surface area contributed by atoms with Gasteiger partial charge in [-0.1, -0.05) is 36.9 Å². The maximum atomic E-state index is 12.7. The topological polar surface area (TPSA) is 64.1 Å². The van der Waals surface area contributed by atoms with Crippen LogP contribution in [0.3, 0.4) is 0 Å². The summed E-state index contributed by atoms with van der Waals surface area (Å²) in [5.74, 6) is 5.30. The highest BCUT2D eigenvalue weighted by atomic mass is 19.4. The molecule has 1 aromatic rings. The first-order valence-corrected chi connectivity index (χ1v) is 6.82. The van der Waals surface area contributed by atoms with E-state index in [2.05, 4.69) is 12.0 Å². The van der Waals surface area contributed by atoms with Crippen LogP contribution in [0.4, 0.5) is 13.2 Å². The van der Waals surface area contributed by atoms with Crippen molar-refractivity contribution in [1.82, 2.24) is 5.43 Å². The first-order chi connectivity index (χ1) is 10.7. The molecule has 0 aliphatic rings. The zero-order chi connectivity index (χ0) is 17.6. The highest BCUT2D eigenvalue weighted by molar-refractivity contribution is 5.66. The molecule has 0 saturated heterocycles. The van der Waals surface area contributed by atoms with E-state index < -0.39 is 11.7 Å². The summed E-state index contributed by atoms with van der Waals surface area (Å²) >= 11 is 0. The molecule has 0 radical (unpaired) electrons. The van der Waals surface area contributed by atoms with E-state index in [0.29, 0.717) is 28.1 Å². The Balaban J connectivity index is 3.18. The van der Waals surface area contributed by atoms with Gasteiger partial charge in [-0.05, 0) is 42.7 Å². The lowest BCUT2D eigenvalue weighted by atomic mass is 10.0.